The quantitative estimate of drug-likeness (QED) is 0.803. The largest absolute Gasteiger partial charge is 0.484 e. The van der Waals surface area contributed by atoms with Gasteiger partial charge in [0.05, 0.1) is 11.8 Å². The van der Waals surface area contributed by atoms with Crippen molar-refractivity contribution < 1.29 is 32.6 Å². The monoisotopic (exact) mass is 333 g/mol. The highest BCUT2D eigenvalue weighted by molar-refractivity contribution is 5.80. The number of aliphatic carboxylic acids is 1. The van der Waals surface area contributed by atoms with Gasteiger partial charge in [0, 0.05) is 6.54 Å². The van der Waals surface area contributed by atoms with E-state index in [1.807, 2.05) is 0 Å². The molecule has 5 nitrogen and oxygen atoms in total. The van der Waals surface area contributed by atoms with Crippen LogP contribution in [0.3, 0.4) is 0 Å². The molecule has 0 aliphatic heterocycles. The van der Waals surface area contributed by atoms with Gasteiger partial charge in [0.15, 0.2) is 6.61 Å². The summed E-state index contributed by atoms with van der Waals surface area (Å²) in [4.78, 5) is 22.7. The Balaban J connectivity index is 2.57. The van der Waals surface area contributed by atoms with Crippen molar-refractivity contribution >= 4 is 11.9 Å². The lowest BCUT2D eigenvalue weighted by Gasteiger charge is -2.19. The highest BCUT2D eigenvalue weighted by Gasteiger charge is 2.29. The van der Waals surface area contributed by atoms with Gasteiger partial charge in [-0.05, 0) is 31.5 Å². The fourth-order valence-corrected chi connectivity index (χ4v) is 1.55. The van der Waals surface area contributed by atoms with Crippen LogP contribution in [0.15, 0.2) is 24.3 Å². The minimum Gasteiger partial charge on any atom is -0.484 e. The van der Waals surface area contributed by atoms with Gasteiger partial charge in [-0.1, -0.05) is 12.1 Å². The van der Waals surface area contributed by atoms with E-state index in [0.29, 0.717) is 5.56 Å². The maximum absolute atomic E-state index is 12.1. The zero-order valence-corrected chi connectivity index (χ0v) is 12.7. The Kier molecular flexibility index (Phi) is 6.00. The van der Waals surface area contributed by atoms with Gasteiger partial charge in [0.25, 0.3) is 0 Å². The fourth-order valence-electron chi connectivity index (χ4n) is 1.55. The van der Waals surface area contributed by atoms with Crippen LogP contribution in [0.5, 0.6) is 5.75 Å². The summed E-state index contributed by atoms with van der Waals surface area (Å²) < 4.78 is 40.9. The maximum atomic E-state index is 12.1. The second-order valence-electron chi connectivity index (χ2n) is 5.69. The Labute approximate surface area is 131 Å². The number of alkyl halides is 3. The smallest absolute Gasteiger partial charge is 0.422 e. The number of rotatable bonds is 7. The third-order valence-electron chi connectivity index (χ3n) is 2.97. The molecule has 0 unspecified atom stereocenters. The Bertz CT molecular complexity index is 570. The molecule has 8 heteroatoms. The molecule has 0 atom stereocenters. The molecule has 0 fully saturated rings. The van der Waals surface area contributed by atoms with Crippen LogP contribution < -0.4 is 10.1 Å². The number of halogens is 3. The van der Waals surface area contributed by atoms with E-state index in [0.717, 1.165) is 0 Å². The summed E-state index contributed by atoms with van der Waals surface area (Å²) in [6.07, 6.45) is -4.52. The van der Waals surface area contributed by atoms with Crippen molar-refractivity contribution in [2.45, 2.75) is 26.4 Å². The lowest BCUT2D eigenvalue weighted by molar-refractivity contribution is -0.153. The summed E-state index contributed by atoms with van der Waals surface area (Å²) in [5.74, 6) is -1.45. The number of carbonyl (C=O) groups excluding carboxylic acids is 1. The van der Waals surface area contributed by atoms with Crippen LogP contribution in [0.2, 0.25) is 0 Å². The Morgan fingerprint density at radius 1 is 1.26 bits per heavy atom. The first-order valence-electron chi connectivity index (χ1n) is 6.78. The van der Waals surface area contributed by atoms with Gasteiger partial charge in [-0.25, -0.2) is 0 Å². The van der Waals surface area contributed by atoms with Crippen molar-refractivity contribution in [2.24, 2.45) is 5.41 Å². The molecule has 1 aromatic rings. The second-order valence-corrected chi connectivity index (χ2v) is 5.69. The molecule has 0 saturated carbocycles. The minimum atomic E-state index is -4.43. The summed E-state index contributed by atoms with van der Waals surface area (Å²) >= 11 is 0. The number of carboxylic acids is 1. The van der Waals surface area contributed by atoms with E-state index >= 15 is 0 Å². The van der Waals surface area contributed by atoms with Gasteiger partial charge in [0.2, 0.25) is 5.91 Å². The zero-order valence-electron chi connectivity index (χ0n) is 12.7. The molecule has 1 aromatic carbocycles. The van der Waals surface area contributed by atoms with Crippen molar-refractivity contribution in [2.75, 3.05) is 13.2 Å². The molecule has 0 aliphatic rings. The van der Waals surface area contributed by atoms with Crippen LogP contribution in [0, 0.1) is 5.41 Å². The van der Waals surface area contributed by atoms with Gasteiger partial charge in [0.1, 0.15) is 5.75 Å². The topological polar surface area (TPSA) is 75.6 Å². The molecule has 0 heterocycles. The number of nitrogens with one attached hydrogen (secondary N) is 1. The molecular weight excluding hydrogens is 315 g/mol. The predicted octanol–water partition coefficient (Wildman–Crippen LogP) is 2.40. The first-order valence-corrected chi connectivity index (χ1v) is 6.78. The number of carbonyl (C=O) groups is 2. The van der Waals surface area contributed by atoms with Gasteiger partial charge < -0.3 is 15.2 Å². The number of hydrogen-bond donors (Lipinski definition) is 2. The third-order valence-corrected chi connectivity index (χ3v) is 2.97. The summed E-state index contributed by atoms with van der Waals surface area (Å²) in [5.41, 5.74) is -0.636. The average Bonchev–Trinajstić information content (AvgIpc) is 2.43. The lowest BCUT2D eigenvalue weighted by atomic mass is 9.94. The van der Waals surface area contributed by atoms with Crippen molar-refractivity contribution in [1.82, 2.24) is 5.32 Å². The normalized spacial score (nSPS) is 11.9. The minimum absolute atomic E-state index is 0.0125. The molecule has 128 valence electrons. The van der Waals surface area contributed by atoms with Gasteiger partial charge in [-0.15, -0.1) is 0 Å². The highest BCUT2D eigenvalue weighted by atomic mass is 19.4. The standard InChI is InChI=1S/C15H18F3NO4/c1-14(2,13(21)22)8-19-12(20)7-10-4-3-5-11(6-10)23-9-15(16,17)18/h3-6H,7-9H2,1-2H3,(H,19,20)(H,21,22). The highest BCUT2D eigenvalue weighted by Crippen LogP contribution is 2.19. The fraction of sp³-hybridized carbons (Fsp3) is 0.467. The zero-order chi connectivity index (χ0) is 17.7. The molecular formula is C15H18F3NO4. The molecule has 0 saturated heterocycles. The van der Waals surface area contributed by atoms with Crippen molar-refractivity contribution in [3.8, 4) is 5.75 Å². The Morgan fingerprint density at radius 2 is 1.91 bits per heavy atom. The number of benzene rings is 1. The van der Waals surface area contributed by atoms with Gasteiger partial charge in [-0.3, -0.25) is 9.59 Å². The van der Waals surface area contributed by atoms with Crippen LogP contribution in [0.25, 0.3) is 0 Å². The number of ether oxygens (including phenoxy) is 1. The third kappa shape index (κ3) is 7.03. The average molecular weight is 333 g/mol. The molecule has 0 aliphatic carbocycles. The van der Waals surface area contributed by atoms with Crippen LogP contribution in [-0.2, 0) is 16.0 Å². The molecule has 1 amide bonds. The maximum Gasteiger partial charge on any atom is 0.422 e. The van der Waals surface area contributed by atoms with Crippen molar-refractivity contribution in [1.29, 1.82) is 0 Å². The first kappa shape index (κ1) is 18.8. The first-order chi connectivity index (χ1) is 10.5. The van der Waals surface area contributed by atoms with Crippen LogP contribution in [0.4, 0.5) is 13.2 Å². The van der Waals surface area contributed by atoms with E-state index in [9.17, 15) is 22.8 Å². The van der Waals surface area contributed by atoms with E-state index in [1.54, 1.807) is 6.07 Å². The van der Waals surface area contributed by atoms with E-state index in [4.69, 9.17) is 5.11 Å². The second kappa shape index (κ2) is 7.34. The number of carboxylic acid groups (broad SMARTS) is 1. The van der Waals surface area contributed by atoms with Crippen LogP contribution >= 0.6 is 0 Å². The SMILES string of the molecule is CC(C)(CNC(=O)Cc1cccc(OCC(F)(F)F)c1)C(=O)O. The van der Waals surface area contributed by atoms with Crippen LogP contribution in [0.1, 0.15) is 19.4 Å². The molecule has 23 heavy (non-hydrogen) atoms. The summed E-state index contributed by atoms with van der Waals surface area (Å²) in [6, 6.07) is 5.76. The summed E-state index contributed by atoms with van der Waals surface area (Å²) in [6.45, 7) is 1.49. The van der Waals surface area contributed by atoms with Crippen molar-refractivity contribution in [3.05, 3.63) is 29.8 Å². The van der Waals surface area contributed by atoms with E-state index < -0.39 is 30.1 Å². The molecule has 0 aromatic heterocycles. The molecule has 0 spiro atoms. The molecule has 0 bridgehead atoms. The number of amides is 1. The molecule has 1 rings (SSSR count). The van der Waals surface area contributed by atoms with Crippen molar-refractivity contribution in [3.63, 3.8) is 0 Å². The Hall–Kier alpha value is -2.25. The van der Waals surface area contributed by atoms with Crippen LogP contribution in [-0.4, -0.2) is 36.3 Å². The summed E-state index contributed by atoms with van der Waals surface area (Å²) in [7, 11) is 0. The lowest BCUT2D eigenvalue weighted by Crippen LogP contribution is -2.39. The molecule has 2 N–H and O–H groups in total. The Morgan fingerprint density at radius 3 is 2.48 bits per heavy atom. The van der Waals surface area contributed by atoms with Gasteiger partial charge in [-0.2, -0.15) is 13.2 Å². The van der Waals surface area contributed by atoms with Gasteiger partial charge >= 0.3 is 12.1 Å². The predicted molar refractivity (Wildman–Crippen MR) is 76.1 cm³/mol. The van der Waals surface area contributed by atoms with E-state index in [1.165, 1.54) is 32.0 Å². The summed E-state index contributed by atoms with van der Waals surface area (Å²) in [5, 5.41) is 11.4. The molecule has 0 radical (unpaired) electrons. The number of hydrogen-bond acceptors (Lipinski definition) is 3. The van der Waals surface area contributed by atoms with E-state index in [-0.39, 0.29) is 18.7 Å². The van der Waals surface area contributed by atoms with E-state index in [2.05, 4.69) is 10.1 Å².